The first-order valence-corrected chi connectivity index (χ1v) is 5.99. The van der Waals surface area contributed by atoms with Crippen molar-refractivity contribution in [3.05, 3.63) is 24.2 Å². The number of rotatable bonds is 5. The fraction of sp³-hybridized carbons (Fsp3) is 0.615. The quantitative estimate of drug-likeness (QED) is 0.766. The maximum absolute atomic E-state index is 11.5. The molecular formula is C13H19NO2. The summed E-state index contributed by atoms with van der Waals surface area (Å²) in [5.74, 6) is 1.77. The minimum Gasteiger partial charge on any atom is -0.468 e. The van der Waals surface area contributed by atoms with Crippen LogP contribution in [-0.4, -0.2) is 24.3 Å². The van der Waals surface area contributed by atoms with E-state index in [-0.39, 0.29) is 0 Å². The summed E-state index contributed by atoms with van der Waals surface area (Å²) in [7, 11) is 2.07. The van der Waals surface area contributed by atoms with Crippen molar-refractivity contribution in [3.8, 4) is 0 Å². The highest BCUT2D eigenvalue weighted by Gasteiger charge is 2.24. The Bertz CT molecular complexity index is 332. The Labute approximate surface area is 96.4 Å². The smallest absolute Gasteiger partial charge is 0.136 e. The van der Waals surface area contributed by atoms with Gasteiger partial charge in [0.2, 0.25) is 0 Å². The second-order valence-corrected chi connectivity index (χ2v) is 4.66. The van der Waals surface area contributed by atoms with Gasteiger partial charge in [-0.1, -0.05) is 0 Å². The minimum absolute atomic E-state index is 0.319. The number of hydrogen-bond donors (Lipinski definition) is 0. The molecule has 3 heteroatoms. The van der Waals surface area contributed by atoms with Crippen molar-refractivity contribution in [2.45, 2.75) is 32.2 Å². The molecule has 0 aromatic carbocycles. The molecule has 0 radical (unpaired) electrons. The zero-order valence-electron chi connectivity index (χ0n) is 9.82. The highest BCUT2D eigenvalue weighted by Crippen LogP contribution is 2.24. The van der Waals surface area contributed by atoms with Crippen LogP contribution in [0.15, 0.2) is 22.8 Å². The maximum atomic E-state index is 11.5. The van der Waals surface area contributed by atoms with Gasteiger partial charge in [0, 0.05) is 12.3 Å². The average molecular weight is 221 g/mol. The molecule has 16 heavy (non-hydrogen) atoms. The SMILES string of the molecule is CN(CCC1CCCC1=O)Cc1ccco1. The molecule has 1 aliphatic carbocycles. The Morgan fingerprint density at radius 2 is 2.44 bits per heavy atom. The maximum Gasteiger partial charge on any atom is 0.136 e. The number of carbonyl (C=O) groups excluding carboxylic acids is 1. The van der Waals surface area contributed by atoms with Crippen molar-refractivity contribution in [2.75, 3.05) is 13.6 Å². The lowest BCUT2D eigenvalue weighted by atomic mass is 10.0. The summed E-state index contributed by atoms with van der Waals surface area (Å²) in [6.07, 6.45) is 5.67. The normalized spacial score (nSPS) is 20.9. The van der Waals surface area contributed by atoms with E-state index in [0.717, 1.165) is 44.5 Å². The van der Waals surface area contributed by atoms with Crippen LogP contribution in [0, 0.1) is 5.92 Å². The Kier molecular flexibility index (Phi) is 3.78. The molecule has 1 atom stereocenters. The van der Waals surface area contributed by atoms with Gasteiger partial charge in [0.05, 0.1) is 12.8 Å². The lowest BCUT2D eigenvalue weighted by Gasteiger charge is -2.17. The molecule has 0 spiro atoms. The Hall–Kier alpha value is -1.09. The first-order valence-electron chi connectivity index (χ1n) is 5.99. The third kappa shape index (κ3) is 2.95. The molecule has 0 N–H and O–H groups in total. The van der Waals surface area contributed by atoms with Gasteiger partial charge in [0.1, 0.15) is 11.5 Å². The number of Topliss-reactive ketones (excluding diaryl/α,β-unsaturated/α-hetero) is 1. The predicted molar refractivity (Wildman–Crippen MR) is 62.0 cm³/mol. The van der Waals surface area contributed by atoms with Crippen molar-refractivity contribution in [2.24, 2.45) is 5.92 Å². The second-order valence-electron chi connectivity index (χ2n) is 4.66. The van der Waals surface area contributed by atoms with Crippen molar-refractivity contribution in [1.82, 2.24) is 4.90 Å². The second kappa shape index (κ2) is 5.30. The molecular weight excluding hydrogens is 202 g/mol. The summed E-state index contributed by atoms with van der Waals surface area (Å²) in [5, 5.41) is 0. The topological polar surface area (TPSA) is 33.5 Å². The molecule has 1 unspecified atom stereocenters. The molecule has 88 valence electrons. The average Bonchev–Trinajstić information content (AvgIpc) is 2.87. The molecule has 1 fully saturated rings. The van der Waals surface area contributed by atoms with Crippen molar-refractivity contribution in [3.63, 3.8) is 0 Å². The molecule has 1 aromatic heterocycles. The standard InChI is InChI=1S/C13H19NO2/c1-14(10-12-5-3-9-16-12)8-7-11-4-2-6-13(11)15/h3,5,9,11H,2,4,6-8,10H2,1H3. The molecule has 3 nitrogen and oxygen atoms in total. The van der Waals surface area contributed by atoms with Crippen molar-refractivity contribution in [1.29, 1.82) is 0 Å². The van der Waals surface area contributed by atoms with E-state index in [2.05, 4.69) is 11.9 Å². The van der Waals surface area contributed by atoms with Crippen LogP contribution >= 0.6 is 0 Å². The Morgan fingerprint density at radius 3 is 3.06 bits per heavy atom. The summed E-state index contributed by atoms with van der Waals surface area (Å²) in [5.41, 5.74) is 0. The lowest BCUT2D eigenvalue weighted by molar-refractivity contribution is -0.120. The van der Waals surface area contributed by atoms with Gasteiger partial charge in [-0.15, -0.1) is 0 Å². The van der Waals surface area contributed by atoms with E-state index in [1.165, 1.54) is 0 Å². The summed E-state index contributed by atoms with van der Waals surface area (Å²) < 4.78 is 5.29. The number of hydrogen-bond acceptors (Lipinski definition) is 3. The van der Waals surface area contributed by atoms with Gasteiger partial charge in [-0.25, -0.2) is 0 Å². The van der Waals surface area contributed by atoms with E-state index in [1.807, 2.05) is 12.1 Å². The number of furan rings is 1. The van der Waals surface area contributed by atoms with Crippen LogP contribution in [0.3, 0.4) is 0 Å². The van der Waals surface area contributed by atoms with E-state index in [4.69, 9.17) is 4.42 Å². The van der Waals surface area contributed by atoms with E-state index in [1.54, 1.807) is 6.26 Å². The van der Waals surface area contributed by atoms with Crippen LogP contribution in [0.25, 0.3) is 0 Å². The third-order valence-corrected chi connectivity index (χ3v) is 3.30. The molecule has 0 amide bonds. The number of ketones is 1. The third-order valence-electron chi connectivity index (χ3n) is 3.30. The molecule has 0 bridgehead atoms. The summed E-state index contributed by atoms with van der Waals surface area (Å²) in [6, 6.07) is 3.89. The van der Waals surface area contributed by atoms with E-state index in [9.17, 15) is 4.79 Å². The monoisotopic (exact) mass is 221 g/mol. The van der Waals surface area contributed by atoms with Gasteiger partial charge >= 0.3 is 0 Å². The van der Waals surface area contributed by atoms with Gasteiger partial charge in [-0.2, -0.15) is 0 Å². The van der Waals surface area contributed by atoms with E-state index in [0.29, 0.717) is 11.7 Å². The molecule has 1 saturated carbocycles. The molecule has 0 aliphatic heterocycles. The number of nitrogens with zero attached hydrogens (tertiary/aromatic N) is 1. The van der Waals surface area contributed by atoms with E-state index >= 15 is 0 Å². The van der Waals surface area contributed by atoms with Gasteiger partial charge in [-0.05, 0) is 45.0 Å². The fourth-order valence-electron chi connectivity index (χ4n) is 2.32. The van der Waals surface area contributed by atoms with Crippen molar-refractivity contribution < 1.29 is 9.21 Å². The fourth-order valence-corrected chi connectivity index (χ4v) is 2.32. The Morgan fingerprint density at radius 1 is 1.56 bits per heavy atom. The molecule has 1 aromatic rings. The number of carbonyl (C=O) groups is 1. The predicted octanol–water partition coefficient (Wildman–Crippen LogP) is 2.47. The largest absolute Gasteiger partial charge is 0.468 e. The van der Waals surface area contributed by atoms with Crippen LogP contribution < -0.4 is 0 Å². The van der Waals surface area contributed by atoms with Crippen LogP contribution in [0.1, 0.15) is 31.4 Å². The Balaban J connectivity index is 1.71. The van der Waals surface area contributed by atoms with Gasteiger partial charge in [-0.3, -0.25) is 9.69 Å². The van der Waals surface area contributed by atoms with Crippen LogP contribution in [0.4, 0.5) is 0 Å². The van der Waals surface area contributed by atoms with Crippen molar-refractivity contribution >= 4 is 5.78 Å². The van der Waals surface area contributed by atoms with Gasteiger partial charge in [0.15, 0.2) is 0 Å². The molecule has 0 saturated heterocycles. The van der Waals surface area contributed by atoms with Gasteiger partial charge < -0.3 is 4.42 Å². The molecule has 1 heterocycles. The lowest BCUT2D eigenvalue weighted by Crippen LogP contribution is -2.22. The van der Waals surface area contributed by atoms with Crippen LogP contribution in [0.2, 0.25) is 0 Å². The van der Waals surface area contributed by atoms with Crippen LogP contribution in [0.5, 0.6) is 0 Å². The first kappa shape index (κ1) is 11.4. The van der Waals surface area contributed by atoms with Gasteiger partial charge in [0.25, 0.3) is 0 Å². The minimum atomic E-state index is 0.319. The van der Waals surface area contributed by atoms with E-state index < -0.39 is 0 Å². The summed E-state index contributed by atoms with van der Waals surface area (Å²) in [6.45, 7) is 1.80. The van der Waals surface area contributed by atoms with Crippen LogP contribution in [-0.2, 0) is 11.3 Å². The first-order chi connectivity index (χ1) is 7.75. The summed E-state index contributed by atoms with van der Waals surface area (Å²) >= 11 is 0. The zero-order chi connectivity index (χ0) is 11.4. The highest BCUT2D eigenvalue weighted by atomic mass is 16.3. The molecule has 1 aliphatic rings. The highest BCUT2D eigenvalue weighted by molar-refractivity contribution is 5.82. The summed E-state index contributed by atoms with van der Waals surface area (Å²) in [4.78, 5) is 13.7. The zero-order valence-corrected chi connectivity index (χ0v) is 9.82. The molecule has 2 rings (SSSR count).